The highest BCUT2D eigenvalue weighted by Crippen LogP contribution is 2.25. The molecule has 0 bridgehead atoms. The molecule has 0 saturated carbocycles. The predicted molar refractivity (Wildman–Crippen MR) is 84.6 cm³/mol. The van der Waals surface area contributed by atoms with Gasteiger partial charge in [0, 0.05) is 32.4 Å². The molecule has 4 heteroatoms. The molecular weight excluding hydrogens is 262 g/mol. The van der Waals surface area contributed by atoms with E-state index in [0.29, 0.717) is 5.92 Å². The molecule has 1 atom stereocenters. The molecule has 2 fully saturated rings. The number of hydrogen-bond acceptors (Lipinski definition) is 3. The van der Waals surface area contributed by atoms with Crippen LogP contribution in [-0.2, 0) is 0 Å². The summed E-state index contributed by atoms with van der Waals surface area (Å²) >= 11 is 0. The number of amides is 1. The van der Waals surface area contributed by atoms with Crippen molar-refractivity contribution in [2.24, 2.45) is 5.92 Å². The average Bonchev–Trinajstić information content (AvgIpc) is 2.55. The van der Waals surface area contributed by atoms with Gasteiger partial charge in [-0.3, -0.25) is 4.79 Å². The highest BCUT2D eigenvalue weighted by Gasteiger charge is 2.26. The quantitative estimate of drug-likeness (QED) is 0.839. The zero-order valence-corrected chi connectivity index (χ0v) is 12.9. The molecule has 2 saturated heterocycles. The normalized spacial score (nSPS) is 23.2. The third-order valence-electron chi connectivity index (χ3n) is 4.62. The number of carbonyl (C=O) groups is 1. The summed E-state index contributed by atoms with van der Waals surface area (Å²) in [6.07, 6.45) is 7.84. The minimum absolute atomic E-state index is 0.162. The molecule has 114 valence electrons. The van der Waals surface area contributed by atoms with E-state index >= 15 is 0 Å². The lowest BCUT2D eigenvalue weighted by molar-refractivity contribution is 0.0683. The second kappa shape index (κ2) is 6.46. The maximum atomic E-state index is 12.9. The number of aromatic nitrogens is 1. The monoisotopic (exact) mass is 287 g/mol. The number of pyridine rings is 1. The summed E-state index contributed by atoms with van der Waals surface area (Å²) in [6.45, 7) is 6.04. The molecule has 3 rings (SSSR count). The van der Waals surface area contributed by atoms with Gasteiger partial charge >= 0.3 is 0 Å². The number of piperidine rings is 2. The molecule has 0 N–H and O–H groups in total. The Morgan fingerprint density at radius 1 is 1.19 bits per heavy atom. The van der Waals surface area contributed by atoms with E-state index in [4.69, 9.17) is 0 Å². The summed E-state index contributed by atoms with van der Waals surface area (Å²) in [7, 11) is 0. The first kappa shape index (κ1) is 14.4. The fourth-order valence-electron chi connectivity index (χ4n) is 3.47. The Bertz CT molecular complexity index is 497. The van der Waals surface area contributed by atoms with Gasteiger partial charge in [0.1, 0.15) is 5.82 Å². The van der Waals surface area contributed by atoms with Crippen LogP contribution >= 0.6 is 0 Å². The van der Waals surface area contributed by atoms with E-state index in [-0.39, 0.29) is 5.91 Å². The highest BCUT2D eigenvalue weighted by molar-refractivity contribution is 5.99. The molecule has 0 spiro atoms. The molecule has 2 aliphatic heterocycles. The van der Waals surface area contributed by atoms with Crippen molar-refractivity contribution in [2.75, 3.05) is 31.1 Å². The molecule has 2 aliphatic rings. The van der Waals surface area contributed by atoms with E-state index in [0.717, 1.165) is 44.0 Å². The van der Waals surface area contributed by atoms with Crippen LogP contribution in [0.3, 0.4) is 0 Å². The largest absolute Gasteiger partial charge is 0.356 e. The summed E-state index contributed by atoms with van der Waals surface area (Å²) in [5, 5.41) is 0. The van der Waals surface area contributed by atoms with Gasteiger partial charge in [0.2, 0.25) is 0 Å². The Morgan fingerprint density at radius 2 is 2.00 bits per heavy atom. The van der Waals surface area contributed by atoms with Crippen LogP contribution in [0.5, 0.6) is 0 Å². The van der Waals surface area contributed by atoms with Crippen molar-refractivity contribution in [3.63, 3.8) is 0 Å². The van der Waals surface area contributed by atoms with Crippen molar-refractivity contribution in [3.8, 4) is 0 Å². The van der Waals surface area contributed by atoms with Crippen molar-refractivity contribution in [1.29, 1.82) is 0 Å². The Balaban J connectivity index is 1.82. The topological polar surface area (TPSA) is 36.4 Å². The SMILES string of the molecule is CC1CCCN(C(=O)c2cccnc2N2CCCCC2)C1. The molecule has 3 heterocycles. The van der Waals surface area contributed by atoms with Crippen LogP contribution in [0, 0.1) is 5.92 Å². The van der Waals surface area contributed by atoms with Crippen LogP contribution in [0.2, 0.25) is 0 Å². The number of likely N-dealkylation sites (tertiary alicyclic amines) is 1. The molecular formula is C17H25N3O. The van der Waals surface area contributed by atoms with Gasteiger partial charge in [-0.05, 0) is 50.2 Å². The summed E-state index contributed by atoms with van der Waals surface area (Å²) in [5.41, 5.74) is 0.786. The van der Waals surface area contributed by atoms with E-state index in [2.05, 4.69) is 16.8 Å². The van der Waals surface area contributed by atoms with Crippen molar-refractivity contribution in [2.45, 2.75) is 39.0 Å². The van der Waals surface area contributed by atoms with E-state index in [9.17, 15) is 4.79 Å². The van der Waals surface area contributed by atoms with Crippen molar-refractivity contribution in [3.05, 3.63) is 23.9 Å². The standard InChI is InChI=1S/C17H25N3O/c1-14-7-6-12-20(13-14)17(21)15-8-5-9-18-16(15)19-10-3-2-4-11-19/h5,8-9,14H,2-4,6-7,10-13H2,1H3. The third-order valence-corrected chi connectivity index (χ3v) is 4.62. The lowest BCUT2D eigenvalue weighted by Crippen LogP contribution is -2.40. The summed E-state index contributed by atoms with van der Waals surface area (Å²) < 4.78 is 0. The van der Waals surface area contributed by atoms with Gasteiger partial charge in [0.25, 0.3) is 5.91 Å². The van der Waals surface area contributed by atoms with Crippen LogP contribution in [0.1, 0.15) is 49.4 Å². The van der Waals surface area contributed by atoms with Crippen LogP contribution in [-0.4, -0.2) is 42.0 Å². The second-order valence-electron chi connectivity index (χ2n) is 6.42. The van der Waals surface area contributed by atoms with E-state index in [1.807, 2.05) is 17.0 Å². The Hall–Kier alpha value is -1.58. The zero-order chi connectivity index (χ0) is 14.7. The first-order valence-corrected chi connectivity index (χ1v) is 8.25. The van der Waals surface area contributed by atoms with E-state index in [1.54, 1.807) is 6.20 Å². The van der Waals surface area contributed by atoms with Gasteiger partial charge in [-0.25, -0.2) is 4.98 Å². The van der Waals surface area contributed by atoms with Crippen molar-refractivity contribution < 1.29 is 4.79 Å². The van der Waals surface area contributed by atoms with Crippen LogP contribution in [0.4, 0.5) is 5.82 Å². The van der Waals surface area contributed by atoms with Crippen LogP contribution in [0.25, 0.3) is 0 Å². The van der Waals surface area contributed by atoms with Gasteiger partial charge in [-0.1, -0.05) is 6.92 Å². The Morgan fingerprint density at radius 3 is 2.76 bits per heavy atom. The minimum Gasteiger partial charge on any atom is -0.356 e. The lowest BCUT2D eigenvalue weighted by Gasteiger charge is -2.33. The third kappa shape index (κ3) is 3.20. The Labute approximate surface area is 127 Å². The number of anilines is 1. The van der Waals surface area contributed by atoms with Gasteiger partial charge in [0.05, 0.1) is 5.56 Å². The van der Waals surface area contributed by atoms with Crippen molar-refractivity contribution >= 4 is 11.7 Å². The molecule has 0 radical (unpaired) electrons. The number of rotatable bonds is 2. The van der Waals surface area contributed by atoms with Gasteiger partial charge in [0.15, 0.2) is 0 Å². The molecule has 0 aromatic carbocycles. The number of hydrogen-bond donors (Lipinski definition) is 0. The number of nitrogens with zero attached hydrogens (tertiary/aromatic N) is 3. The molecule has 1 amide bonds. The molecule has 1 unspecified atom stereocenters. The minimum atomic E-state index is 0.162. The molecule has 1 aromatic rings. The molecule has 0 aliphatic carbocycles. The fourth-order valence-corrected chi connectivity index (χ4v) is 3.47. The summed E-state index contributed by atoms with van der Waals surface area (Å²) in [6, 6.07) is 3.83. The van der Waals surface area contributed by atoms with Gasteiger partial charge in [-0.2, -0.15) is 0 Å². The number of carbonyl (C=O) groups excluding carboxylic acids is 1. The van der Waals surface area contributed by atoms with Gasteiger partial charge in [-0.15, -0.1) is 0 Å². The first-order chi connectivity index (χ1) is 10.3. The maximum absolute atomic E-state index is 12.9. The van der Waals surface area contributed by atoms with E-state index < -0.39 is 0 Å². The molecule has 1 aromatic heterocycles. The Kier molecular flexibility index (Phi) is 4.42. The second-order valence-corrected chi connectivity index (χ2v) is 6.42. The van der Waals surface area contributed by atoms with Gasteiger partial charge < -0.3 is 9.80 Å². The van der Waals surface area contributed by atoms with E-state index in [1.165, 1.54) is 25.7 Å². The maximum Gasteiger partial charge on any atom is 0.257 e. The van der Waals surface area contributed by atoms with Crippen LogP contribution < -0.4 is 4.90 Å². The zero-order valence-electron chi connectivity index (χ0n) is 12.9. The fraction of sp³-hybridized carbons (Fsp3) is 0.647. The summed E-state index contributed by atoms with van der Waals surface area (Å²) in [5.74, 6) is 1.66. The van der Waals surface area contributed by atoms with Crippen LogP contribution in [0.15, 0.2) is 18.3 Å². The molecule has 4 nitrogen and oxygen atoms in total. The first-order valence-electron chi connectivity index (χ1n) is 8.25. The molecule has 21 heavy (non-hydrogen) atoms. The lowest BCUT2D eigenvalue weighted by atomic mass is 9.99. The smallest absolute Gasteiger partial charge is 0.257 e. The average molecular weight is 287 g/mol. The van der Waals surface area contributed by atoms with Crippen molar-refractivity contribution in [1.82, 2.24) is 9.88 Å². The summed E-state index contributed by atoms with van der Waals surface area (Å²) in [4.78, 5) is 21.7. The predicted octanol–water partition coefficient (Wildman–Crippen LogP) is 2.94. The highest BCUT2D eigenvalue weighted by atomic mass is 16.2.